The van der Waals surface area contributed by atoms with Gasteiger partial charge in [0.2, 0.25) is 5.91 Å². The molecule has 0 saturated carbocycles. The Balaban J connectivity index is 1.58. The van der Waals surface area contributed by atoms with Crippen molar-refractivity contribution in [1.29, 1.82) is 0 Å². The van der Waals surface area contributed by atoms with Crippen molar-refractivity contribution in [3.05, 3.63) is 77.5 Å². The van der Waals surface area contributed by atoms with Crippen LogP contribution in [0, 0.1) is 0 Å². The van der Waals surface area contributed by atoms with E-state index in [2.05, 4.69) is 5.32 Å². The van der Waals surface area contributed by atoms with Gasteiger partial charge in [-0.1, -0.05) is 60.7 Å². The first-order valence-corrected chi connectivity index (χ1v) is 10.5. The molecule has 4 rings (SSSR count). The molecule has 0 spiro atoms. The van der Waals surface area contributed by atoms with Gasteiger partial charge in [0, 0.05) is 11.3 Å². The summed E-state index contributed by atoms with van der Waals surface area (Å²) in [5.41, 5.74) is 1.43. The molecular weight excluding hydrogens is 420 g/mol. The molecule has 0 aliphatic carbocycles. The maximum absolute atomic E-state index is 12.8. The summed E-state index contributed by atoms with van der Waals surface area (Å²) in [6, 6.07) is 16.0. The van der Waals surface area contributed by atoms with Crippen LogP contribution in [0.1, 0.15) is 17.0 Å². The zero-order chi connectivity index (χ0) is 22.1. The van der Waals surface area contributed by atoms with E-state index in [1.165, 1.54) is 28.8 Å². The standard InChI is InChI=1S/C22H18N2O6S/c25-18(15(21(27)28)13-9-5-2-6-10-13)23-16-19(26)24-17(22(29)30)14(11-31-20(16)24)12-7-3-1-4-8-12/h1-10,15-16,20H,11H2,(H,23,25)(H,27,28)(H,29,30)/t15?,16?,20-/m1/s1. The number of hydrogen-bond donors (Lipinski definition) is 3. The number of amides is 2. The molecule has 2 aliphatic heterocycles. The minimum absolute atomic E-state index is 0.108. The summed E-state index contributed by atoms with van der Waals surface area (Å²) in [5.74, 6) is -5.07. The van der Waals surface area contributed by atoms with E-state index in [0.29, 0.717) is 22.5 Å². The van der Waals surface area contributed by atoms with Crippen LogP contribution in [-0.4, -0.2) is 56.0 Å². The van der Waals surface area contributed by atoms with Crippen LogP contribution < -0.4 is 5.32 Å². The predicted molar refractivity (Wildman–Crippen MR) is 113 cm³/mol. The minimum atomic E-state index is -1.47. The molecule has 0 aromatic heterocycles. The minimum Gasteiger partial charge on any atom is -0.480 e. The van der Waals surface area contributed by atoms with Crippen molar-refractivity contribution in [2.45, 2.75) is 17.3 Å². The molecule has 158 valence electrons. The van der Waals surface area contributed by atoms with Gasteiger partial charge < -0.3 is 15.5 Å². The molecule has 1 saturated heterocycles. The molecule has 0 bridgehead atoms. The van der Waals surface area contributed by atoms with Crippen LogP contribution in [0.4, 0.5) is 0 Å². The highest BCUT2D eigenvalue weighted by atomic mass is 32.2. The first-order chi connectivity index (χ1) is 14.9. The topological polar surface area (TPSA) is 124 Å². The number of hydrogen-bond acceptors (Lipinski definition) is 5. The normalized spacial score (nSPS) is 21.0. The highest BCUT2D eigenvalue weighted by Gasteiger charge is 2.54. The number of nitrogens with zero attached hydrogens (tertiary/aromatic N) is 1. The van der Waals surface area contributed by atoms with Gasteiger partial charge in [0.05, 0.1) is 0 Å². The number of aliphatic carboxylic acids is 2. The SMILES string of the molecule is O=C(O)C1=C(c2ccccc2)CS[C@@H]2C(NC(=O)C(C(=O)O)c3ccccc3)C(=O)N12. The van der Waals surface area contributed by atoms with Gasteiger partial charge in [-0.3, -0.25) is 19.3 Å². The maximum atomic E-state index is 12.8. The molecule has 2 aliphatic rings. The fourth-order valence-electron chi connectivity index (χ4n) is 3.77. The van der Waals surface area contributed by atoms with Crippen LogP contribution in [0.15, 0.2) is 66.4 Å². The maximum Gasteiger partial charge on any atom is 0.352 e. The quantitative estimate of drug-likeness (QED) is 0.464. The third-order valence-electron chi connectivity index (χ3n) is 5.23. The Morgan fingerprint density at radius 1 is 1.00 bits per heavy atom. The predicted octanol–water partition coefficient (Wildman–Crippen LogP) is 1.75. The van der Waals surface area contributed by atoms with Crippen molar-refractivity contribution in [2.24, 2.45) is 0 Å². The van der Waals surface area contributed by atoms with E-state index < -0.39 is 41.1 Å². The molecule has 31 heavy (non-hydrogen) atoms. The molecule has 2 unspecified atom stereocenters. The summed E-state index contributed by atoms with van der Waals surface area (Å²) in [7, 11) is 0. The first-order valence-electron chi connectivity index (χ1n) is 9.45. The summed E-state index contributed by atoms with van der Waals surface area (Å²) < 4.78 is 0. The van der Waals surface area contributed by atoms with E-state index in [1.54, 1.807) is 42.5 Å². The average molecular weight is 438 g/mol. The second-order valence-electron chi connectivity index (χ2n) is 7.08. The Morgan fingerprint density at radius 3 is 2.19 bits per heavy atom. The van der Waals surface area contributed by atoms with E-state index in [0.717, 1.165) is 0 Å². The van der Waals surface area contributed by atoms with Crippen molar-refractivity contribution in [2.75, 3.05) is 5.75 Å². The van der Waals surface area contributed by atoms with Crippen molar-refractivity contribution >= 4 is 41.1 Å². The Bertz CT molecular complexity index is 1090. The summed E-state index contributed by atoms with van der Waals surface area (Å²) in [6.07, 6.45) is 0. The Labute approximate surface area is 181 Å². The van der Waals surface area contributed by atoms with Gasteiger partial charge in [0.15, 0.2) is 5.92 Å². The molecule has 9 heteroatoms. The number of carbonyl (C=O) groups is 4. The number of nitrogens with one attached hydrogen (secondary N) is 1. The lowest BCUT2D eigenvalue weighted by Gasteiger charge is -2.49. The van der Waals surface area contributed by atoms with Gasteiger partial charge in [-0.25, -0.2) is 4.79 Å². The zero-order valence-corrected chi connectivity index (χ0v) is 16.9. The molecular formula is C22H18N2O6S. The van der Waals surface area contributed by atoms with Crippen LogP contribution in [0.3, 0.4) is 0 Å². The Kier molecular flexibility index (Phi) is 5.51. The number of carboxylic acids is 2. The number of carboxylic acid groups (broad SMARTS) is 2. The van der Waals surface area contributed by atoms with Gasteiger partial charge in [-0.15, -0.1) is 11.8 Å². The Morgan fingerprint density at radius 2 is 1.61 bits per heavy atom. The number of thioether (sulfide) groups is 1. The van der Waals surface area contributed by atoms with Crippen molar-refractivity contribution in [1.82, 2.24) is 10.2 Å². The van der Waals surface area contributed by atoms with Gasteiger partial charge in [0.1, 0.15) is 17.1 Å². The zero-order valence-electron chi connectivity index (χ0n) is 16.1. The van der Waals surface area contributed by atoms with Crippen LogP contribution in [0.25, 0.3) is 5.57 Å². The van der Waals surface area contributed by atoms with E-state index in [4.69, 9.17) is 0 Å². The molecule has 3 N–H and O–H groups in total. The van der Waals surface area contributed by atoms with Crippen molar-refractivity contribution in [3.63, 3.8) is 0 Å². The monoisotopic (exact) mass is 438 g/mol. The lowest BCUT2D eigenvalue weighted by Crippen LogP contribution is -2.70. The molecule has 8 nitrogen and oxygen atoms in total. The smallest absolute Gasteiger partial charge is 0.352 e. The van der Waals surface area contributed by atoms with Crippen LogP contribution in [0.2, 0.25) is 0 Å². The molecule has 2 aromatic carbocycles. The highest BCUT2D eigenvalue weighted by Crippen LogP contribution is 2.43. The third-order valence-corrected chi connectivity index (χ3v) is 6.51. The molecule has 3 atom stereocenters. The second kappa shape index (κ2) is 8.27. The molecule has 2 amide bonds. The van der Waals surface area contributed by atoms with Gasteiger partial charge in [0.25, 0.3) is 5.91 Å². The van der Waals surface area contributed by atoms with Gasteiger partial charge in [-0.2, -0.15) is 0 Å². The lowest BCUT2D eigenvalue weighted by molar-refractivity contribution is -0.152. The molecule has 2 heterocycles. The number of fused-ring (bicyclic) bond motifs is 1. The summed E-state index contributed by atoms with van der Waals surface area (Å²) in [5, 5.41) is 21.2. The van der Waals surface area contributed by atoms with E-state index in [9.17, 15) is 29.4 Å². The Hall–Kier alpha value is -3.59. The number of benzene rings is 2. The van der Waals surface area contributed by atoms with Crippen LogP contribution in [0.5, 0.6) is 0 Å². The van der Waals surface area contributed by atoms with E-state index >= 15 is 0 Å². The number of carbonyl (C=O) groups excluding carboxylic acids is 2. The number of rotatable bonds is 6. The highest BCUT2D eigenvalue weighted by molar-refractivity contribution is 8.00. The van der Waals surface area contributed by atoms with Crippen LogP contribution in [-0.2, 0) is 19.2 Å². The number of β-lactam (4-membered cyclic amide) rings is 1. The molecule has 2 aromatic rings. The van der Waals surface area contributed by atoms with E-state index in [1.807, 2.05) is 6.07 Å². The van der Waals surface area contributed by atoms with Crippen LogP contribution >= 0.6 is 11.8 Å². The van der Waals surface area contributed by atoms with Gasteiger partial charge in [-0.05, 0) is 11.1 Å². The first kappa shape index (κ1) is 20.7. The average Bonchev–Trinajstić information content (AvgIpc) is 2.77. The summed E-state index contributed by atoms with van der Waals surface area (Å²) in [4.78, 5) is 50.3. The largest absolute Gasteiger partial charge is 0.480 e. The lowest BCUT2D eigenvalue weighted by atomic mass is 9.96. The summed E-state index contributed by atoms with van der Waals surface area (Å²) >= 11 is 1.33. The van der Waals surface area contributed by atoms with Crippen molar-refractivity contribution in [3.8, 4) is 0 Å². The van der Waals surface area contributed by atoms with E-state index in [-0.39, 0.29) is 5.70 Å². The third kappa shape index (κ3) is 3.68. The van der Waals surface area contributed by atoms with Crippen molar-refractivity contribution < 1.29 is 29.4 Å². The fourth-order valence-corrected chi connectivity index (χ4v) is 5.14. The van der Waals surface area contributed by atoms with Gasteiger partial charge >= 0.3 is 11.9 Å². The molecule has 0 radical (unpaired) electrons. The fraction of sp³-hybridized carbons (Fsp3) is 0.182. The second-order valence-corrected chi connectivity index (χ2v) is 8.18. The summed E-state index contributed by atoms with van der Waals surface area (Å²) in [6.45, 7) is 0. The molecule has 1 fully saturated rings.